The molecule has 0 unspecified atom stereocenters. The second-order valence-electron chi connectivity index (χ2n) is 11.8. The van der Waals surface area contributed by atoms with Gasteiger partial charge >= 0.3 is 12.4 Å². The maximum atomic E-state index is 14.3. The van der Waals surface area contributed by atoms with Crippen LogP contribution in [0.5, 0.6) is 5.88 Å². The van der Waals surface area contributed by atoms with Gasteiger partial charge in [0.05, 0.1) is 42.1 Å². The van der Waals surface area contributed by atoms with Crippen molar-refractivity contribution in [3.05, 3.63) is 81.4 Å². The van der Waals surface area contributed by atoms with Gasteiger partial charge in [0.25, 0.3) is 0 Å². The second kappa shape index (κ2) is 12.8. The molecule has 0 amide bonds. The van der Waals surface area contributed by atoms with Gasteiger partial charge in [-0.2, -0.15) is 31.4 Å². The first kappa shape index (κ1) is 33.2. The SMILES string of the molecule is Fc1cc(Cl)ccc1COc1nc2c(cc1C(F)(F)F)CCN(Cc1nc3cc(-c4n[nH]c(C(F)(F)F)n4)ncc3n1C[C@@H]1CCCO1)C2. The lowest BCUT2D eigenvalue weighted by atomic mass is 10.0. The Kier molecular flexibility index (Phi) is 8.69. The van der Waals surface area contributed by atoms with Crippen LogP contribution in [0.2, 0.25) is 5.02 Å². The standard InChI is InChI=1S/C31H26ClF7N8O2/c32-18-4-3-17(21(33)9-18)15-49-28-20(30(34,35)36)8-16-5-6-46(13-24(16)42-28)14-26-41-22-10-23(27-43-29(45-44-27)31(37,38)39)40-11-25(22)47(26)12-19-2-1-7-48-19/h3-4,8-11,19H,1-2,5-7,12-15H2,(H,43,44,45)/t19-/m0/s1. The summed E-state index contributed by atoms with van der Waals surface area (Å²) in [6.07, 6.45) is -6.07. The predicted octanol–water partition coefficient (Wildman–Crippen LogP) is 6.76. The zero-order valence-electron chi connectivity index (χ0n) is 25.4. The molecule has 2 aliphatic rings. The summed E-state index contributed by atoms with van der Waals surface area (Å²) >= 11 is 5.79. The minimum absolute atomic E-state index is 0.0188. The van der Waals surface area contributed by atoms with Crippen LogP contribution in [0.1, 0.15) is 46.9 Å². The van der Waals surface area contributed by atoms with Crippen molar-refractivity contribution >= 4 is 22.6 Å². The van der Waals surface area contributed by atoms with E-state index in [0.29, 0.717) is 47.8 Å². The van der Waals surface area contributed by atoms with E-state index in [4.69, 9.17) is 26.1 Å². The number of imidazole rings is 1. The maximum absolute atomic E-state index is 14.3. The molecule has 1 atom stereocenters. The molecule has 1 aromatic carbocycles. The summed E-state index contributed by atoms with van der Waals surface area (Å²) in [6.45, 7) is 1.41. The normalized spacial score (nSPS) is 17.2. The molecule has 1 N–H and O–H groups in total. The minimum Gasteiger partial charge on any atom is -0.472 e. The monoisotopic (exact) mass is 710 g/mol. The van der Waals surface area contributed by atoms with Gasteiger partial charge in [-0.05, 0) is 49.1 Å². The minimum atomic E-state index is -4.76. The number of nitrogens with one attached hydrogen (secondary N) is 1. The molecule has 49 heavy (non-hydrogen) atoms. The molecular weight excluding hydrogens is 685 g/mol. The third-order valence-electron chi connectivity index (χ3n) is 8.38. The number of aromatic nitrogens is 7. The van der Waals surface area contributed by atoms with Crippen molar-refractivity contribution in [1.82, 2.24) is 39.6 Å². The summed E-state index contributed by atoms with van der Waals surface area (Å²) in [5.74, 6) is -2.27. The molecule has 0 spiro atoms. The van der Waals surface area contributed by atoms with Crippen LogP contribution < -0.4 is 4.74 Å². The first-order valence-electron chi connectivity index (χ1n) is 15.2. The van der Waals surface area contributed by atoms with Crippen molar-refractivity contribution in [1.29, 1.82) is 0 Å². The van der Waals surface area contributed by atoms with Crippen molar-refractivity contribution in [2.75, 3.05) is 13.2 Å². The highest BCUT2D eigenvalue weighted by Gasteiger charge is 2.38. The molecule has 1 saturated heterocycles. The molecule has 5 aromatic rings. The number of H-pyrrole nitrogens is 1. The van der Waals surface area contributed by atoms with Crippen molar-refractivity contribution in [2.45, 2.75) is 64.0 Å². The lowest BCUT2D eigenvalue weighted by molar-refractivity contribution is -0.144. The molecule has 1 fully saturated rings. The number of hydrogen-bond acceptors (Lipinski definition) is 8. The number of nitrogens with zero attached hydrogens (tertiary/aromatic N) is 7. The molecule has 2 aliphatic heterocycles. The molecule has 18 heteroatoms. The Hall–Kier alpha value is -4.35. The van der Waals surface area contributed by atoms with Crippen LogP contribution in [-0.4, -0.2) is 58.9 Å². The quantitative estimate of drug-likeness (QED) is 0.176. The number of benzene rings is 1. The number of pyridine rings is 2. The van der Waals surface area contributed by atoms with Gasteiger partial charge < -0.3 is 14.0 Å². The smallest absolute Gasteiger partial charge is 0.451 e. The Morgan fingerprint density at radius 2 is 1.88 bits per heavy atom. The van der Waals surface area contributed by atoms with E-state index in [9.17, 15) is 30.7 Å². The van der Waals surface area contributed by atoms with Crippen molar-refractivity contribution in [2.24, 2.45) is 0 Å². The lowest BCUT2D eigenvalue weighted by Gasteiger charge is -2.29. The fourth-order valence-electron chi connectivity index (χ4n) is 5.94. The summed E-state index contributed by atoms with van der Waals surface area (Å²) in [6, 6.07) is 6.32. The summed E-state index contributed by atoms with van der Waals surface area (Å²) in [7, 11) is 0. The Balaban J connectivity index is 1.17. The van der Waals surface area contributed by atoms with E-state index in [1.165, 1.54) is 24.4 Å². The maximum Gasteiger partial charge on any atom is 0.451 e. The molecule has 10 nitrogen and oxygen atoms in total. The van der Waals surface area contributed by atoms with Gasteiger partial charge in [0, 0.05) is 30.3 Å². The average molecular weight is 711 g/mol. The number of fused-ring (bicyclic) bond motifs is 2. The first-order valence-corrected chi connectivity index (χ1v) is 15.6. The van der Waals surface area contributed by atoms with Crippen LogP contribution >= 0.6 is 11.6 Å². The van der Waals surface area contributed by atoms with E-state index in [1.54, 1.807) is 0 Å². The van der Waals surface area contributed by atoms with Gasteiger partial charge in [-0.15, -0.1) is 0 Å². The lowest BCUT2D eigenvalue weighted by Crippen LogP contribution is -2.33. The fraction of sp³-hybridized carbons (Fsp3) is 0.387. The van der Waals surface area contributed by atoms with E-state index in [0.717, 1.165) is 25.0 Å². The molecular formula is C31H26ClF7N8O2. The first-order chi connectivity index (χ1) is 23.3. The largest absolute Gasteiger partial charge is 0.472 e. The van der Waals surface area contributed by atoms with Crippen LogP contribution in [0, 0.1) is 5.82 Å². The molecule has 0 saturated carbocycles. The van der Waals surface area contributed by atoms with Crippen molar-refractivity contribution < 1.29 is 40.2 Å². The average Bonchev–Trinajstić information content (AvgIpc) is 3.81. The summed E-state index contributed by atoms with van der Waals surface area (Å²) in [4.78, 5) is 18.9. The number of ether oxygens (including phenoxy) is 2. The van der Waals surface area contributed by atoms with Crippen molar-refractivity contribution in [3.63, 3.8) is 0 Å². The molecule has 0 aliphatic carbocycles. The van der Waals surface area contributed by atoms with E-state index < -0.39 is 42.0 Å². The van der Waals surface area contributed by atoms with Crippen molar-refractivity contribution in [3.8, 4) is 17.4 Å². The van der Waals surface area contributed by atoms with Gasteiger partial charge in [-0.25, -0.2) is 19.3 Å². The fourth-order valence-corrected chi connectivity index (χ4v) is 6.10. The molecule has 4 aromatic heterocycles. The number of alkyl halides is 6. The van der Waals surface area contributed by atoms with Gasteiger partial charge in [-0.1, -0.05) is 17.7 Å². The Bertz CT molecular complexity index is 2010. The highest BCUT2D eigenvalue weighted by Crippen LogP contribution is 2.38. The zero-order valence-corrected chi connectivity index (χ0v) is 26.1. The van der Waals surface area contributed by atoms with E-state index in [-0.39, 0.29) is 47.7 Å². The summed E-state index contributed by atoms with van der Waals surface area (Å²) < 4.78 is 109. The third kappa shape index (κ3) is 7.05. The Labute approximate surface area is 278 Å². The number of halogens is 8. The zero-order chi connectivity index (χ0) is 34.5. The highest BCUT2D eigenvalue weighted by atomic mass is 35.5. The van der Waals surface area contributed by atoms with E-state index in [1.807, 2.05) is 14.6 Å². The number of hydrogen-bond donors (Lipinski definition) is 1. The van der Waals surface area contributed by atoms with E-state index in [2.05, 4.69) is 20.1 Å². The predicted molar refractivity (Wildman–Crippen MR) is 160 cm³/mol. The second-order valence-corrected chi connectivity index (χ2v) is 12.2. The topological polar surface area (TPSA) is 107 Å². The summed E-state index contributed by atoms with van der Waals surface area (Å²) in [5.41, 5.74) is 0.926. The van der Waals surface area contributed by atoms with Crippen LogP contribution in [0.3, 0.4) is 0 Å². The third-order valence-corrected chi connectivity index (χ3v) is 8.62. The molecule has 258 valence electrons. The van der Waals surface area contributed by atoms with Crippen LogP contribution in [0.4, 0.5) is 30.7 Å². The Morgan fingerprint density at radius 3 is 2.59 bits per heavy atom. The number of aromatic amines is 1. The van der Waals surface area contributed by atoms with Gasteiger partial charge in [0.2, 0.25) is 11.7 Å². The highest BCUT2D eigenvalue weighted by molar-refractivity contribution is 6.30. The van der Waals surface area contributed by atoms with Crippen LogP contribution in [0.25, 0.3) is 22.6 Å². The molecule has 0 radical (unpaired) electrons. The molecule has 6 heterocycles. The van der Waals surface area contributed by atoms with Crippen LogP contribution in [0.15, 0.2) is 36.5 Å². The van der Waals surface area contributed by atoms with Crippen LogP contribution in [-0.2, 0) is 49.8 Å². The van der Waals surface area contributed by atoms with Gasteiger partial charge in [0.1, 0.15) is 29.5 Å². The van der Waals surface area contributed by atoms with Gasteiger partial charge in [0.15, 0.2) is 5.82 Å². The van der Waals surface area contributed by atoms with Gasteiger partial charge in [-0.3, -0.25) is 15.0 Å². The number of rotatable bonds is 8. The Morgan fingerprint density at radius 1 is 1.04 bits per heavy atom. The molecule has 0 bridgehead atoms. The molecule has 7 rings (SSSR count). The van der Waals surface area contributed by atoms with E-state index >= 15 is 0 Å². The summed E-state index contributed by atoms with van der Waals surface area (Å²) in [5, 5.41) is 5.68.